The predicted molar refractivity (Wildman–Crippen MR) is 131 cm³/mol. The van der Waals surface area contributed by atoms with E-state index in [-0.39, 0.29) is 0 Å². The molecule has 0 saturated heterocycles. The van der Waals surface area contributed by atoms with Gasteiger partial charge in [0, 0.05) is 24.2 Å². The smallest absolute Gasteiger partial charge is 0.179 e. The van der Waals surface area contributed by atoms with Crippen LogP contribution < -0.4 is 10.1 Å². The van der Waals surface area contributed by atoms with Crippen molar-refractivity contribution in [3.8, 4) is 23.0 Å². The zero-order chi connectivity index (χ0) is 23.1. The summed E-state index contributed by atoms with van der Waals surface area (Å²) in [5, 5.41) is 5.26. The summed E-state index contributed by atoms with van der Waals surface area (Å²) in [6, 6.07) is 11.8. The van der Waals surface area contributed by atoms with E-state index in [2.05, 4.69) is 35.2 Å². The largest absolute Gasteiger partial charge is 0.457 e. The molecule has 166 valence electrons. The van der Waals surface area contributed by atoms with E-state index < -0.39 is 0 Å². The SMILES string of the molecule is Cc1cc(Nc2ncnc3cnc(-c4cscn4)nc23)ccc1Oc1ccc2c(c1)ncn2C. The van der Waals surface area contributed by atoms with Gasteiger partial charge in [-0.05, 0) is 42.8 Å². The van der Waals surface area contributed by atoms with Gasteiger partial charge in [-0.1, -0.05) is 0 Å². The normalized spacial score (nSPS) is 11.2. The standard InChI is InChI=1S/C24H18N8OS/c1-14-7-15(3-6-21(14)33-16-4-5-20-17(8-16)28-12-32(20)2)30-24-22-18(26-11-27-24)9-25-23(31-22)19-10-34-13-29-19/h3-13H,1-2H3,(H,26,27,30). The van der Waals surface area contributed by atoms with Crippen LogP contribution in [-0.4, -0.2) is 34.5 Å². The molecule has 2 aromatic carbocycles. The van der Waals surface area contributed by atoms with Gasteiger partial charge in [0.1, 0.15) is 34.6 Å². The number of ether oxygens (including phenoxy) is 1. The summed E-state index contributed by atoms with van der Waals surface area (Å²) in [5.74, 6) is 2.64. The first-order chi connectivity index (χ1) is 16.6. The Morgan fingerprint density at radius 3 is 2.76 bits per heavy atom. The highest BCUT2D eigenvalue weighted by Crippen LogP contribution is 2.31. The molecular weight excluding hydrogens is 448 g/mol. The molecule has 0 aliphatic rings. The summed E-state index contributed by atoms with van der Waals surface area (Å²) < 4.78 is 8.11. The average Bonchev–Trinajstić information content (AvgIpc) is 3.51. The Morgan fingerprint density at radius 2 is 1.91 bits per heavy atom. The van der Waals surface area contributed by atoms with Gasteiger partial charge in [0.25, 0.3) is 0 Å². The highest BCUT2D eigenvalue weighted by molar-refractivity contribution is 7.07. The Labute approximate surface area is 198 Å². The topological polar surface area (TPSA) is 104 Å². The molecule has 0 aliphatic carbocycles. The molecule has 0 spiro atoms. The summed E-state index contributed by atoms with van der Waals surface area (Å²) in [4.78, 5) is 26.4. The third-order valence-corrected chi connectivity index (χ3v) is 5.99. The van der Waals surface area contributed by atoms with E-state index in [4.69, 9.17) is 4.74 Å². The zero-order valence-electron chi connectivity index (χ0n) is 18.3. The Kier molecular flexibility index (Phi) is 4.84. The second-order valence-electron chi connectivity index (χ2n) is 7.74. The quantitative estimate of drug-likeness (QED) is 0.366. The van der Waals surface area contributed by atoms with Crippen molar-refractivity contribution >= 4 is 44.9 Å². The van der Waals surface area contributed by atoms with Crippen LogP contribution >= 0.6 is 11.3 Å². The molecule has 4 heterocycles. The van der Waals surface area contributed by atoms with Crippen LogP contribution in [0.5, 0.6) is 11.5 Å². The number of aryl methyl sites for hydroxylation is 2. The molecule has 0 bridgehead atoms. The van der Waals surface area contributed by atoms with Crippen molar-refractivity contribution in [1.29, 1.82) is 0 Å². The molecule has 10 heteroatoms. The molecule has 34 heavy (non-hydrogen) atoms. The first-order valence-corrected chi connectivity index (χ1v) is 11.4. The molecule has 0 fully saturated rings. The third kappa shape index (κ3) is 3.69. The maximum atomic E-state index is 6.13. The van der Waals surface area contributed by atoms with Gasteiger partial charge in [0.05, 0.1) is 29.1 Å². The van der Waals surface area contributed by atoms with E-state index in [1.54, 1.807) is 18.0 Å². The molecule has 6 aromatic rings. The number of aromatic nitrogens is 7. The van der Waals surface area contributed by atoms with Gasteiger partial charge in [0.2, 0.25) is 0 Å². The number of hydrogen-bond donors (Lipinski definition) is 1. The van der Waals surface area contributed by atoms with Gasteiger partial charge < -0.3 is 14.6 Å². The minimum Gasteiger partial charge on any atom is -0.457 e. The van der Waals surface area contributed by atoms with E-state index in [0.29, 0.717) is 22.7 Å². The molecular formula is C24H18N8OS. The Balaban J connectivity index is 1.28. The molecule has 0 saturated carbocycles. The number of nitrogens with zero attached hydrogens (tertiary/aromatic N) is 7. The van der Waals surface area contributed by atoms with Crippen LogP contribution in [0.15, 0.2) is 66.1 Å². The minimum absolute atomic E-state index is 0.538. The van der Waals surface area contributed by atoms with Crippen molar-refractivity contribution in [3.05, 3.63) is 71.7 Å². The Hall–Kier alpha value is -4.44. The number of nitrogens with one attached hydrogen (secondary N) is 1. The number of anilines is 2. The lowest BCUT2D eigenvalue weighted by Crippen LogP contribution is -2.00. The number of hydrogen-bond acceptors (Lipinski definition) is 9. The van der Waals surface area contributed by atoms with Crippen molar-refractivity contribution in [2.24, 2.45) is 7.05 Å². The van der Waals surface area contributed by atoms with Crippen molar-refractivity contribution in [2.75, 3.05) is 5.32 Å². The molecule has 0 radical (unpaired) electrons. The molecule has 0 unspecified atom stereocenters. The Morgan fingerprint density at radius 1 is 0.971 bits per heavy atom. The van der Waals surface area contributed by atoms with Crippen molar-refractivity contribution < 1.29 is 4.74 Å². The summed E-state index contributed by atoms with van der Waals surface area (Å²) in [5.41, 5.74) is 7.54. The highest BCUT2D eigenvalue weighted by atomic mass is 32.1. The monoisotopic (exact) mass is 466 g/mol. The number of thiazole rings is 1. The second-order valence-corrected chi connectivity index (χ2v) is 8.46. The van der Waals surface area contributed by atoms with E-state index >= 15 is 0 Å². The van der Waals surface area contributed by atoms with Gasteiger partial charge in [-0.25, -0.2) is 29.9 Å². The summed E-state index contributed by atoms with van der Waals surface area (Å²) >= 11 is 1.50. The van der Waals surface area contributed by atoms with Crippen LogP contribution in [0.3, 0.4) is 0 Å². The fourth-order valence-corrected chi connectivity index (χ4v) is 4.21. The van der Waals surface area contributed by atoms with Crippen LogP contribution in [0.2, 0.25) is 0 Å². The first-order valence-electron chi connectivity index (χ1n) is 10.5. The molecule has 4 aromatic heterocycles. The molecule has 0 amide bonds. The molecule has 0 atom stereocenters. The van der Waals surface area contributed by atoms with Crippen LogP contribution in [0.4, 0.5) is 11.5 Å². The van der Waals surface area contributed by atoms with Crippen molar-refractivity contribution in [2.45, 2.75) is 6.92 Å². The molecule has 1 N–H and O–H groups in total. The third-order valence-electron chi connectivity index (χ3n) is 5.40. The molecule has 6 rings (SSSR count). The number of benzene rings is 2. The maximum Gasteiger partial charge on any atom is 0.179 e. The summed E-state index contributed by atoms with van der Waals surface area (Å²) in [6.45, 7) is 2.00. The Bertz CT molecular complexity index is 1640. The van der Waals surface area contributed by atoms with Gasteiger partial charge in [-0.3, -0.25) is 0 Å². The molecule has 9 nitrogen and oxygen atoms in total. The average molecular weight is 467 g/mol. The maximum absolute atomic E-state index is 6.13. The van der Waals surface area contributed by atoms with E-state index in [0.717, 1.165) is 39.5 Å². The minimum atomic E-state index is 0.538. The van der Waals surface area contributed by atoms with Crippen molar-refractivity contribution in [1.82, 2.24) is 34.5 Å². The number of rotatable bonds is 5. The van der Waals surface area contributed by atoms with E-state index in [1.165, 1.54) is 17.7 Å². The fraction of sp³-hybridized carbons (Fsp3) is 0.0833. The van der Waals surface area contributed by atoms with Crippen LogP contribution in [-0.2, 0) is 7.05 Å². The van der Waals surface area contributed by atoms with Crippen LogP contribution in [0.1, 0.15) is 5.56 Å². The number of fused-ring (bicyclic) bond motifs is 2. The van der Waals surface area contributed by atoms with Gasteiger partial charge in [-0.2, -0.15) is 0 Å². The predicted octanol–water partition coefficient (Wildman–Crippen LogP) is 5.27. The van der Waals surface area contributed by atoms with Crippen LogP contribution in [0, 0.1) is 6.92 Å². The lowest BCUT2D eigenvalue weighted by atomic mass is 10.2. The first kappa shape index (κ1) is 20.2. The van der Waals surface area contributed by atoms with Gasteiger partial charge >= 0.3 is 0 Å². The second kappa shape index (κ2) is 8.16. The van der Waals surface area contributed by atoms with Crippen molar-refractivity contribution in [3.63, 3.8) is 0 Å². The number of imidazole rings is 1. The lowest BCUT2D eigenvalue weighted by Gasteiger charge is -2.12. The fourth-order valence-electron chi connectivity index (χ4n) is 3.68. The van der Waals surface area contributed by atoms with Crippen LogP contribution in [0.25, 0.3) is 33.6 Å². The highest BCUT2D eigenvalue weighted by Gasteiger charge is 2.12. The molecule has 0 aliphatic heterocycles. The van der Waals surface area contributed by atoms with Gasteiger partial charge in [-0.15, -0.1) is 11.3 Å². The lowest BCUT2D eigenvalue weighted by molar-refractivity contribution is 0.479. The summed E-state index contributed by atoms with van der Waals surface area (Å²) in [6.07, 6.45) is 4.97. The van der Waals surface area contributed by atoms with E-state index in [9.17, 15) is 0 Å². The van der Waals surface area contributed by atoms with Gasteiger partial charge in [0.15, 0.2) is 11.6 Å². The van der Waals surface area contributed by atoms with E-state index in [1.807, 2.05) is 60.3 Å². The summed E-state index contributed by atoms with van der Waals surface area (Å²) in [7, 11) is 1.97. The zero-order valence-corrected chi connectivity index (χ0v) is 19.1.